The van der Waals surface area contributed by atoms with E-state index in [0.29, 0.717) is 11.8 Å². The van der Waals surface area contributed by atoms with Crippen molar-refractivity contribution in [3.63, 3.8) is 0 Å². The van der Waals surface area contributed by atoms with Crippen molar-refractivity contribution in [2.24, 2.45) is 0 Å². The molecule has 2 fully saturated rings. The predicted molar refractivity (Wildman–Crippen MR) is 59.7 cm³/mol. The summed E-state index contributed by atoms with van der Waals surface area (Å²) < 4.78 is 11.0. The lowest BCUT2D eigenvalue weighted by Crippen LogP contribution is -2.39. The molecule has 1 saturated heterocycles. The maximum atomic E-state index is 5.73. The number of ether oxygens (including phenoxy) is 1. The standard InChI is InChI=1S/C10H15N3O2.ClH/c1-6-4-11-5-8(14-6)10-12-9(13-15-10)7-2-3-7;/h6-8,11H,2-5H2,1H3;1H. The summed E-state index contributed by atoms with van der Waals surface area (Å²) in [6.45, 7) is 3.69. The lowest BCUT2D eigenvalue weighted by Gasteiger charge is -2.25. The highest BCUT2D eigenvalue weighted by Crippen LogP contribution is 2.38. The van der Waals surface area contributed by atoms with Crippen molar-refractivity contribution in [1.82, 2.24) is 15.5 Å². The largest absolute Gasteiger partial charge is 0.363 e. The fourth-order valence-corrected chi connectivity index (χ4v) is 1.83. The first-order valence-corrected chi connectivity index (χ1v) is 5.52. The molecule has 5 nitrogen and oxygen atoms in total. The van der Waals surface area contributed by atoms with Gasteiger partial charge in [0.1, 0.15) is 6.10 Å². The Morgan fingerprint density at radius 3 is 2.81 bits per heavy atom. The first kappa shape index (κ1) is 11.8. The molecule has 2 atom stereocenters. The molecule has 0 radical (unpaired) electrons. The molecule has 3 rings (SSSR count). The molecule has 0 aromatic carbocycles. The average molecular weight is 246 g/mol. The number of morpholine rings is 1. The van der Waals surface area contributed by atoms with E-state index in [1.807, 2.05) is 6.92 Å². The smallest absolute Gasteiger partial charge is 0.257 e. The van der Waals surface area contributed by atoms with Gasteiger partial charge in [-0.05, 0) is 19.8 Å². The van der Waals surface area contributed by atoms with E-state index in [4.69, 9.17) is 9.26 Å². The Hall–Kier alpha value is -0.650. The molecule has 1 saturated carbocycles. The Bertz CT molecular complexity index is 354. The van der Waals surface area contributed by atoms with E-state index >= 15 is 0 Å². The third-order valence-electron chi connectivity index (χ3n) is 2.83. The van der Waals surface area contributed by atoms with E-state index in [1.54, 1.807) is 0 Å². The molecule has 1 aromatic heterocycles. The van der Waals surface area contributed by atoms with Crippen molar-refractivity contribution in [2.45, 2.75) is 37.9 Å². The highest BCUT2D eigenvalue weighted by molar-refractivity contribution is 5.85. The van der Waals surface area contributed by atoms with Crippen LogP contribution < -0.4 is 5.32 Å². The zero-order valence-corrected chi connectivity index (χ0v) is 10.00. The van der Waals surface area contributed by atoms with Gasteiger partial charge in [-0.1, -0.05) is 5.16 Å². The third kappa shape index (κ3) is 2.36. The number of aromatic nitrogens is 2. The maximum absolute atomic E-state index is 5.73. The Balaban J connectivity index is 0.000000963. The Labute approximate surface area is 100 Å². The zero-order valence-electron chi connectivity index (χ0n) is 9.18. The van der Waals surface area contributed by atoms with Crippen LogP contribution in [0.1, 0.15) is 43.5 Å². The summed E-state index contributed by atoms with van der Waals surface area (Å²) in [5.41, 5.74) is 0. The van der Waals surface area contributed by atoms with Crippen molar-refractivity contribution in [2.75, 3.05) is 13.1 Å². The molecule has 2 aliphatic rings. The Morgan fingerprint density at radius 1 is 1.31 bits per heavy atom. The van der Waals surface area contributed by atoms with Crippen LogP contribution in [-0.4, -0.2) is 29.3 Å². The van der Waals surface area contributed by atoms with Gasteiger partial charge < -0.3 is 14.6 Å². The average Bonchev–Trinajstić information content (AvgIpc) is 2.97. The molecule has 90 valence electrons. The number of nitrogens with zero attached hydrogens (tertiary/aromatic N) is 2. The van der Waals surface area contributed by atoms with E-state index in [9.17, 15) is 0 Å². The van der Waals surface area contributed by atoms with E-state index < -0.39 is 0 Å². The van der Waals surface area contributed by atoms with Gasteiger partial charge in [0.15, 0.2) is 5.82 Å². The molecule has 1 aliphatic carbocycles. The van der Waals surface area contributed by atoms with E-state index in [-0.39, 0.29) is 24.6 Å². The van der Waals surface area contributed by atoms with Crippen molar-refractivity contribution in [1.29, 1.82) is 0 Å². The summed E-state index contributed by atoms with van der Waals surface area (Å²) in [5, 5.41) is 7.27. The van der Waals surface area contributed by atoms with Crippen molar-refractivity contribution < 1.29 is 9.26 Å². The second-order valence-corrected chi connectivity index (χ2v) is 4.36. The number of rotatable bonds is 2. The topological polar surface area (TPSA) is 60.2 Å². The highest BCUT2D eigenvalue weighted by atomic mass is 35.5. The maximum Gasteiger partial charge on any atom is 0.257 e. The molecule has 1 aromatic rings. The van der Waals surface area contributed by atoms with Crippen LogP contribution >= 0.6 is 12.4 Å². The fourth-order valence-electron chi connectivity index (χ4n) is 1.83. The number of hydrogen-bond donors (Lipinski definition) is 1. The van der Waals surface area contributed by atoms with Crippen LogP contribution in [0.25, 0.3) is 0 Å². The molecule has 6 heteroatoms. The van der Waals surface area contributed by atoms with Gasteiger partial charge in [0, 0.05) is 19.0 Å². The molecule has 2 unspecified atom stereocenters. The fraction of sp³-hybridized carbons (Fsp3) is 0.800. The Kier molecular flexibility index (Phi) is 3.47. The minimum Gasteiger partial charge on any atom is -0.363 e. The van der Waals surface area contributed by atoms with E-state index in [0.717, 1.165) is 18.9 Å². The minimum atomic E-state index is -0.0752. The summed E-state index contributed by atoms with van der Waals surface area (Å²) >= 11 is 0. The summed E-state index contributed by atoms with van der Waals surface area (Å²) in [7, 11) is 0. The van der Waals surface area contributed by atoms with Crippen molar-refractivity contribution >= 4 is 12.4 Å². The van der Waals surface area contributed by atoms with E-state index in [2.05, 4.69) is 15.5 Å². The highest BCUT2D eigenvalue weighted by Gasteiger charge is 2.31. The predicted octanol–water partition coefficient (Wildman–Crippen LogP) is 1.42. The van der Waals surface area contributed by atoms with Gasteiger partial charge in [-0.15, -0.1) is 12.4 Å². The van der Waals surface area contributed by atoms with Gasteiger partial charge >= 0.3 is 0 Å². The molecular weight excluding hydrogens is 230 g/mol. The summed E-state index contributed by atoms with van der Waals surface area (Å²) in [4.78, 5) is 4.39. The summed E-state index contributed by atoms with van der Waals surface area (Å²) in [6, 6.07) is 0. The van der Waals surface area contributed by atoms with Crippen LogP contribution in [0.2, 0.25) is 0 Å². The lowest BCUT2D eigenvalue weighted by atomic mass is 10.2. The summed E-state index contributed by atoms with van der Waals surface area (Å²) in [5.74, 6) is 2.01. The second kappa shape index (κ2) is 4.69. The van der Waals surface area contributed by atoms with Crippen LogP contribution in [-0.2, 0) is 4.74 Å². The molecule has 1 aliphatic heterocycles. The summed E-state index contributed by atoms with van der Waals surface area (Å²) in [6.07, 6.45) is 2.52. The normalized spacial score (nSPS) is 29.8. The molecule has 0 amide bonds. The van der Waals surface area contributed by atoms with Gasteiger partial charge in [-0.2, -0.15) is 4.98 Å². The van der Waals surface area contributed by atoms with Crippen molar-refractivity contribution in [3.8, 4) is 0 Å². The number of hydrogen-bond acceptors (Lipinski definition) is 5. The van der Waals surface area contributed by atoms with Crippen LogP contribution in [0.15, 0.2) is 4.52 Å². The first-order valence-electron chi connectivity index (χ1n) is 5.52. The molecule has 0 bridgehead atoms. The third-order valence-corrected chi connectivity index (χ3v) is 2.83. The van der Waals surface area contributed by atoms with Crippen LogP contribution in [0.4, 0.5) is 0 Å². The lowest BCUT2D eigenvalue weighted by molar-refractivity contribution is -0.0438. The molecule has 2 heterocycles. The van der Waals surface area contributed by atoms with Crippen LogP contribution in [0.5, 0.6) is 0 Å². The van der Waals surface area contributed by atoms with Gasteiger partial charge in [-0.25, -0.2) is 0 Å². The van der Waals surface area contributed by atoms with Gasteiger partial charge in [-0.3, -0.25) is 0 Å². The number of halogens is 1. The molecular formula is C10H16ClN3O2. The quantitative estimate of drug-likeness (QED) is 0.854. The number of nitrogens with one attached hydrogen (secondary N) is 1. The Morgan fingerprint density at radius 2 is 2.12 bits per heavy atom. The first-order chi connectivity index (χ1) is 7.33. The second-order valence-electron chi connectivity index (χ2n) is 4.36. The van der Waals surface area contributed by atoms with Gasteiger partial charge in [0.05, 0.1) is 6.10 Å². The zero-order chi connectivity index (χ0) is 10.3. The van der Waals surface area contributed by atoms with E-state index in [1.165, 1.54) is 12.8 Å². The molecule has 1 N–H and O–H groups in total. The molecule has 0 spiro atoms. The van der Waals surface area contributed by atoms with Crippen LogP contribution in [0.3, 0.4) is 0 Å². The van der Waals surface area contributed by atoms with Crippen molar-refractivity contribution in [3.05, 3.63) is 11.7 Å². The SMILES string of the molecule is CC1CNCC(c2nc(C3CC3)no2)O1.Cl. The van der Waals surface area contributed by atoms with Gasteiger partial charge in [0.2, 0.25) is 0 Å². The monoisotopic (exact) mass is 245 g/mol. The minimum absolute atomic E-state index is 0. The van der Waals surface area contributed by atoms with Crippen LogP contribution in [0, 0.1) is 0 Å². The molecule has 16 heavy (non-hydrogen) atoms. The van der Waals surface area contributed by atoms with Gasteiger partial charge in [0.25, 0.3) is 5.89 Å².